The number of carbonyl (C=O) groups excluding carboxylic acids is 2. The van der Waals surface area contributed by atoms with Gasteiger partial charge in [-0.15, -0.1) is 0 Å². The van der Waals surface area contributed by atoms with Gasteiger partial charge in [0.15, 0.2) is 0 Å². The zero-order chi connectivity index (χ0) is 13.0. The Morgan fingerprint density at radius 1 is 1.22 bits per heavy atom. The Kier molecular flexibility index (Phi) is 3.73. The largest absolute Gasteiger partial charge is 0.353 e. The SMILES string of the molecule is NNC(=O)C(=O)N1CCN(c2ccccn2)CC1. The molecule has 1 saturated heterocycles. The summed E-state index contributed by atoms with van der Waals surface area (Å²) in [7, 11) is 0. The first-order valence-corrected chi connectivity index (χ1v) is 5.68. The fourth-order valence-corrected chi connectivity index (χ4v) is 1.88. The van der Waals surface area contributed by atoms with Crippen LogP contribution in [-0.2, 0) is 9.59 Å². The minimum Gasteiger partial charge on any atom is -0.353 e. The smallest absolute Gasteiger partial charge is 0.323 e. The van der Waals surface area contributed by atoms with E-state index >= 15 is 0 Å². The molecule has 0 saturated carbocycles. The van der Waals surface area contributed by atoms with Crippen LogP contribution in [0.4, 0.5) is 5.82 Å². The van der Waals surface area contributed by atoms with Gasteiger partial charge in [0.25, 0.3) is 0 Å². The van der Waals surface area contributed by atoms with E-state index < -0.39 is 11.8 Å². The third kappa shape index (κ3) is 2.57. The molecular formula is C11H15N5O2. The number of rotatable bonds is 1. The standard InChI is InChI=1S/C11H15N5O2/c12-14-10(17)11(18)16-7-5-15(6-8-16)9-3-1-2-4-13-9/h1-4H,5-8,12H2,(H,14,17). The van der Waals surface area contributed by atoms with Gasteiger partial charge in [0.1, 0.15) is 5.82 Å². The molecule has 7 nitrogen and oxygen atoms in total. The molecule has 0 aromatic carbocycles. The van der Waals surface area contributed by atoms with E-state index in [9.17, 15) is 9.59 Å². The van der Waals surface area contributed by atoms with E-state index in [2.05, 4.69) is 9.88 Å². The van der Waals surface area contributed by atoms with Crippen molar-refractivity contribution in [1.82, 2.24) is 15.3 Å². The van der Waals surface area contributed by atoms with Gasteiger partial charge in [-0.2, -0.15) is 0 Å². The number of hydrazine groups is 1. The van der Waals surface area contributed by atoms with E-state index in [-0.39, 0.29) is 0 Å². The van der Waals surface area contributed by atoms with Crippen LogP contribution in [0.15, 0.2) is 24.4 Å². The van der Waals surface area contributed by atoms with E-state index in [0.717, 1.165) is 5.82 Å². The van der Waals surface area contributed by atoms with Gasteiger partial charge >= 0.3 is 11.8 Å². The summed E-state index contributed by atoms with van der Waals surface area (Å²) < 4.78 is 0. The van der Waals surface area contributed by atoms with Crippen molar-refractivity contribution in [1.29, 1.82) is 0 Å². The summed E-state index contributed by atoms with van der Waals surface area (Å²) in [5.41, 5.74) is 1.85. The molecular weight excluding hydrogens is 234 g/mol. The lowest BCUT2D eigenvalue weighted by Crippen LogP contribution is -2.53. The number of hydrogen-bond acceptors (Lipinski definition) is 5. The molecule has 0 spiro atoms. The molecule has 2 amide bonds. The van der Waals surface area contributed by atoms with E-state index in [1.807, 2.05) is 23.6 Å². The maximum Gasteiger partial charge on any atom is 0.323 e. The Morgan fingerprint density at radius 2 is 1.94 bits per heavy atom. The summed E-state index contributed by atoms with van der Waals surface area (Å²) in [5, 5.41) is 0. The number of piperazine rings is 1. The van der Waals surface area contributed by atoms with Crippen molar-refractivity contribution < 1.29 is 9.59 Å². The maximum absolute atomic E-state index is 11.6. The molecule has 2 heterocycles. The summed E-state index contributed by atoms with van der Waals surface area (Å²) in [5.74, 6) is 4.45. The van der Waals surface area contributed by atoms with Crippen molar-refractivity contribution in [3.05, 3.63) is 24.4 Å². The molecule has 0 radical (unpaired) electrons. The molecule has 0 unspecified atom stereocenters. The molecule has 0 bridgehead atoms. The van der Waals surface area contributed by atoms with E-state index in [0.29, 0.717) is 26.2 Å². The monoisotopic (exact) mass is 249 g/mol. The number of nitrogens with one attached hydrogen (secondary N) is 1. The minimum atomic E-state index is -0.777. The molecule has 18 heavy (non-hydrogen) atoms. The lowest BCUT2D eigenvalue weighted by atomic mass is 10.3. The normalized spacial score (nSPS) is 15.4. The van der Waals surface area contributed by atoms with Gasteiger partial charge in [-0.25, -0.2) is 10.8 Å². The van der Waals surface area contributed by atoms with Gasteiger partial charge < -0.3 is 9.80 Å². The molecule has 1 aliphatic heterocycles. The van der Waals surface area contributed by atoms with Crippen LogP contribution in [0, 0.1) is 0 Å². The average Bonchev–Trinajstić information content (AvgIpc) is 2.47. The van der Waals surface area contributed by atoms with Crippen molar-refractivity contribution in [2.45, 2.75) is 0 Å². The third-order valence-electron chi connectivity index (χ3n) is 2.87. The Morgan fingerprint density at radius 3 is 2.50 bits per heavy atom. The summed E-state index contributed by atoms with van der Waals surface area (Å²) >= 11 is 0. The van der Waals surface area contributed by atoms with Crippen molar-refractivity contribution >= 4 is 17.6 Å². The average molecular weight is 249 g/mol. The summed E-state index contributed by atoms with van der Waals surface area (Å²) in [6, 6.07) is 5.70. The summed E-state index contributed by atoms with van der Waals surface area (Å²) in [6.45, 7) is 2.28. The van der Waals surface area contributed by atoms with Gasteiger partial charge in [0, 0.05) is 32.4 Å². The van der Waals surface area contributed by atoms with Crippen LogP contribution in [0.2, 0.25) is 0 Å². The molecule has 96 valence electrons. The van der Waals surface area contributed by atoms with E-state index in [1.54, 1.807) is 6.20 Å². The molecule has 2 rings (SSSR count). The highest BCUT2D eigenvalue weighted by atomic mass is 16.2. The quantitative estimate of drug-likeness (QED) is 0.280. The van der Waals surface area contributed by atoms with Gasteiger partial charge in [0.2, 0.25) is 0 Å². The van der Waals surface area contributed by atoms with Crippen LogP contribution in [0.5, 0.6) is 0 Å². The molecule has 7 heteroatoms. The number of nitrogens with zero attached hydrogens (tertiary/aromatic N) is 3. The molecule has 0 atom stereocenters. The van der Waals surface area contributed by atoms with E-state index in [1.165, 1.54) is 4.90 Å². The number of aromatic nitrogens is 1. The highest BCUT2D eigenvalue weighted by Gasteiger charge is 2.25. The molecule has 1 aromatic rings. The molecule has 1 aromatic heterocycles. The first-order chi connectivity index (χ1) is 8.72. The second kappa shape index (κ2) is 5.46. The van der Waals surface area contributed by atoms with Crippen LogP contribution in [0.1, 0.15) is 0 Å². The number of nitrogens with two attached hydrogens (primary N) is 1. The number of anilines is 1. The first kappa shape index (κ1) is 12.3. The van der Waals surface area contributed by atoms with Gasteiger partial charge in [-0.3, -0.25) is 15.0 Å². The molecule has 3 N–H and O–H groups in total. The highest BCUT2D eigenvalue weighted by molar-refractivity contribution is 6.34. The predicted octanol–water partition coefficient (Wildman–Crippen LogP) is -1.28. The number of hydrogen-bond donors (Lipinski definition) is 2. The van der Waals surface area contributed by atoms with Gasteiger partial charge in [-0.05, 0) is 12.1 Å². The van der Waals surface area contributed by atoms with Crippen LogP contribution < -0.4 is 16.2 Å². The van der Waals surface area contributed by atoms with Crippen LogP contribution in [-0.4, -0.2) is 47.9 Å². The Hall–Kier alpha value is -2.15. The summed E-state index contributed by atoms with van der Waals surface area (Å²) in [6.07, 6.45) is 1.73. The Balaban J connectivity index is 1.92. The first-order valence-electron chi connectivity index (χ1n) is 5.68. The van der Waals surface area contributed by atoms with Crippen LogP contribution in [0.25, 0.3) is 0 Å². The second-order valence-corrected chi connectivity index (χ2v) is 3.94. The lowest BCUT2D eigenvalue weighted by Gasteiger charge is -2.34. The predicted molar refractivity (Wildman–Crippen MR) is 65.4 cm³/mol. The molecule has 1 aliphatic rings. The summed E-state index contributed by atoms with van der Waals surface area (Å²) in [4.78, 5) is 30.5. The van der Waals surface area contributed by atoms with Crippen molar-refractivity contribution in [3.63, 3.8) is 0 Å². The Labute approximate surface area is 105 Å². The zero-order valence-electron chi connectivity index (χ0n) is 9.87. The van der Waals surface area contributed by atoms with E-state index in [4.69, 9.17) is 5.84 Å². The zero-order valence-corrected chi connectivity index (χ0v) is 9.87. The molecule has 0 aliphatic carbocycles. The number of pyridine rings is 1. The second-order valence-electron chi connectivity index (χ2n) is 3.94. The number of amides is 2. The third-order valence-corrected chi connectivity index (χ3v) is 2.87. The fraction of sp³-hybridized carbons (Fsp3) is 0.364. The van der Waals surface area contributed by atoms with Gasteiger partial charge in [-0.1, -0.05) is 6.07 Å². The van der Waals surface area contributed by atoms with Crippen molar-refractivity contribution in [2.24, 2.45) is 5.84 Å². The Bertz CT molecular complexity index is 428. The van der Waals surface area contributed by atoms with Crippen LogP contribution >= 0.6 is 0 Å². The molecule has 1 fully saturated rings. The van der Waals surface area contributed by atoms with Crippen molar-refractivity contribution in [2.75, 3.05) is 31.1 Å². The van der Waals surface area contributed by atoms with Crippen LogP contribution in [0.3, 0.4) is 0 Å². The lowest BCUT2D eigenvalue weighted by molar-refractivity contribution is -0.146. The number of carbonyl (C=O) groups is 2. The maximum atomic E-state index is 11.6. The van der Waals surface area contributed by atoms with Gasteiger partial charge in [0.05, 0.1) is 0 Å². The van der Waals surface area contributed by atoms with Crippen molar-refractivity contribution in [3.8, 4) is 0 Å². The minimum absolute atomic E-state index is 0.489. The topological polar surface area (TPSA) is 91.6 Å². The highest BCUT2D eigenvalue weighted by Crippen LogP contribution is 2.12. The fourth-order valence-electron chi connectivity index (χ4n) is 1.88.